The van der Waals surface area contributed by atoms with Crippen LogP contribution in [0.4, 0.5) is 5.13 Å². The van der Waals surface area contributed by atoms with Crippen molar-refractivity contribution in [2.24, 2.45) is 0 Å². The van der Waals surface area contributed by atoms with E-state index in [1.165, 1.54) is 25.7 Å². The van der Waals surface area contributed by atoms with Gasteiger partial charge in [-0.25, -0.2) is 4.98 Å². The minimum atomic E-state index is 0.607. The molecule has 3 rings (SSSR count). The lowest BCUT2D eigenvalue weighted by Gasteiger charge is -2.09. The molecule has 0 spiro atoms. The number of thiazole rings is 1. The molecule has 5 heteroatoms. The van der Waals surface area contributed by atoms with Gasteiger partial charge in [-0.1, -0.05) is 12.8 Å². The molecular weight excluding hydrogens is 232 g/mol. The zero-order valence-electron chi connectivity index (χ0n) is 9.47. The molecule has 1 aliphatic carbocycles. The van der Waals surface area contributed by atoms with Crippen LogP contribution >= 0.6 is 11.3 Å². The zero-order valence-corrected chi connectivity index (χ0v) is 10.3. The molecule has 1 fully saturated rings. The summed E-state index contributed by atoms with van der Waals surface area (Å²) >= 11 is 1.64. The van der Waals surface area contributed by atoms with E-state index in [0.717, 1.165) is 16.5 Å². The lowest BCUT2D eigenvalue weighted by Crippen LogP contribution is -2.14. The van der Waals surface area contributed by atoms with Crippen molar-refractivity contribution in [2.45, 2.75) is 31.7 Å². The van der Waals surface area contributed by atoms with Gasteiger partial charge in [0.15, 0.2) is 5.13 Å². The Labute approximate surface area is 104 Å². The fourth-order valence-electron chi connectivity index (χ4n) is 2.13. The summed E-state index contributed by atoms with van der Waals surface area (Å²) < 4.78 is 0. The highest BCUT2D eigenvalue weighted by Crippen LogP contribution is 2.27. The van der Waals surface area contributed by atoms with Gasteiger partial charge in [0.25, 0.3) is 0 Å². The van der Waals surface area contributed by atoms with Crippen LogP contribution in [0.2, 0.25) is 0 Å². The van der Waals surface area contributed by atoms with Gasteiger partial charge in [0.2, 0.25) is 0 Å². The summed E-state index contributed by atoms with van der Waals surface area (Å²) in [6, 6.07) is 0.607. The predicted molar refractivity (Wildman–Crippen MR) is 69.0 cm³/mol. The van der Waals surface area contributed by atoms with Gasteiger partial charge in [0, 0.05) is 23.8 Å². The van der Waals surface area contributed by atoms with Crippen LogP contribution in [-0.4, -0.2) is 21.0 Å². The molecule has 0 bridgehead atoms. The van der Waals surface area contributed by atoms with Crippen molar-refractivity contribution in [1.82, 2.24) is 15.0 Å². The van der Waals surface area contributed by atoms with Crippen molar-refractivity contribution >= 4 is 16.5 Å². The Balaban J connectivity index is 1.74. The van der Waals surface area contributed by atoms with Crippen LogP contribution in [0.1, 0.15) is 25.7 Å². The van der Waals surface area contributed by atoms with E-state index in [1.807, 2.05) is 5.38 Å². The first-order valence-electron chi connectivity index (χ1n) is 5.90. The van der Waals surface area contributed by atoms with Crippen LogP contribution in [0.3, 0.4) is 0 Å². The van der Waals surface area contributed by atoms with E-state index in [2.05, 4.69) is 20.3 Å². The lowest BCUT2D eigenvalue weighted by atomic mass is 10.3. The lowest BCUT2D eigenvalue weighted by molar-refractivity contribution is 0.754. The Morgan fingerprint density at radius 1 is 1.18 bits per heavy atom. The summed E-state index contributed by atoms with van der Waals surface area (Å²) in [6.45, 7) is 0. The van der Waals surface area contributed by atoms with E-state index in [4.69, 9.17) is 0 Å². The third-order valence-electron chi connectivity index (χ3n) is 3.01. The quantitative estimate of drug-likeness (QED) is 0.904. The second-order valence-electron chi connectivity index (χ2n) is 4.25. The Morgan fingerprint density at radius 3 is 2.82 bits per heavy atom. The topological polar surface area (TPSA) is 50.7 Å². The summed E-state index contributed by atoms with van der Waals surface area (Å²) in [5.74, 6) is 0. The van der Waals surface area contributed by atoms with Gasteiger partial charge < -0.3 is 5.32 Å². The molecule has 0 aliphatic heterocycles. The molecule has 2 heterocycles. The molecule has 0 saturated heterocycles. The molecule has 1 N–H and O–H groups in total. The number of anilines is 1. The highest BCUT2D eigenvalue weighted by Gasteiger charge is 2.16. The minimum Gasteiger partial charge on any atom is -0.359 e. The molecular formula is C12H14N4S. The third kappa shape index (κ3) is 2.44. The summed E-state index contributed by atoms with van der Waals surface area (Å²) in [5, 5.41) is 6.52. The maximum atomic E-state index is 4.55. The number of nitrogens with zero attached hydrogens (tertiary/aromatic N) is 3. The standard InChI is InChI=1S/C12H14N4S/c1-2-4-9(3-1)15-12-16-11(8-17-12)10-7-13-5-6-14-10/h5-9H,1-4H2,(H,15,16). The first-order valence-corrected chi connectivity index (χ1v) is 6.78. The first-order chi connectivity index (χ1) is 8.42. The fourth-order valence-corrected chi connectivity index (χ4v) is 2.92. The SMILES string of the molecule is c1cnc(-c2csc(NC3CCCC3)n2)cn1. The molecule has 0 atom stereocenters. The van der Waals surface area contributed by atoms with E-state index >= 15 is 0 Å². The van der Waals surface area contributed by atoms with Crippen molar-refractivity contribution in [1.29, 1.82) is 0 Å². The molecule has 1 saturated carbocycles. The molecule has 88 valence electrons. The van der Waals surface area contributed by atoms with Crippen molar-refractivity contribution in [2.75, 3.05) is 5.32 Å². The molecule has 0 amide bonds. The number of hydrogen-bond acceptors (Lipinski definition) is 5. The van der Waals surface area contributed by atoms with E-state index < -0.39 is 0 Å². The number of nitrogens with one attached hydrogen (secondary N) is 1. The van der Waals surface area contributed by atoms with Gasteiger partial charge >= 0.3 is 0 Å². The van der Waals surface area contributed by atoms with Crippen molar-refractivity contribution < 1.29 is 0 Å². The van der Waals surface area contributed by atoms with Gasteiger partial charge in [-0.15, -0.1) is 11.3 Å². The minimum absolute atomic E-state index is 0.607. The van der Waals surface area contributed by atoms with E-state index in [-0.39, 0.29) is 0 Å². The zero-order chi connectivity index (χ0) is 11.5. The molecule has 2 aromatic rings. The summed E-state index contributed by atoms with van der Waals surface area (Å²) in [7, 11) is 0. The van der Waals surface area contributed by atoms with Crippen molar-refractivity contribution in [3.05, 3.63) is 24.0 Å². The van der Waals surface area contributed by atoms with E-state index in [9.17, 15) is 0 Å². The number of hydrogen-bond donors (Lipinski definition) is 1. The first kappa shape index (κ1) is 10.7. The maximum Gasteiger partial charge on any atom is 0.183 e. The van der Waals surface area contributed by atoms with E-state index in [0.29, 0.717) is 6.04 Å². The Kier molecular flexibility index (Phi) is 3.00. The van der Waals surface area contributed by atoms with Crippen molar-refractivity contribution in [3.8, 4) is 11.4 Å². The van der Waals surface area contributed by atoms with Gasteiger partial charge in [0.05, 0.1) is 6.20 Å². The Morgan fingerprint density at radius 2 is 2.06 bits per heavy atom. The van der Waals surface area contributed by atoms with Crippen LogP contribution in [0.5, 0.6) is 0 Å². The maximum absolute atomic E-state index is 4.55. The second kappa shape index (κ2) is 4.79. The second-order valence-corrected chi connectivity index (χ2v) is 5.11. The van der Waals surface area contributed by atoms with Gasteiger partial charge in [0.1, 0.15) is 11.4 Å². The van der Waals surface area contributed by atoms with Crippen LogP contribution in [0.15, 0.2) is 24.0 Å². The third-order valence-corrected chi connectivity index (χ3v) is 3.79. The summed E-state index contributed by atoms with van der Waals surface area (Å²) in [6.07, 6.45) is 10.3. The summed E-state index contributed by atoms with van der Waals surface area (Å²) in [5.41, 5.74) is 1.74. The van der Waals surface area contributed by atoms with Crippen LogP contribution < -0.4 is 5.32 Å². The van der Waals surface area contributed by atoms with Crippen LogP contribution in [-0.2, 0) is 0 Å². The Bertz CT molecular complexity index is 476. The smallest absolute Gasteiger partial charge is 0.183 e. The van der Waals surface area contributed by atoms with Gasteiger partial charge in [-0.05, 0) is 12.8 Å². The number of rotatable bonds is 3. The molecule has 17 heavy (non-hydrogen) atoms. The molecule has 0 aromatic carbocycles. The van der Waals surface area contributed by atoms with Crippen molar-refractivity contribution in [3.63, 3.8) is 0 Å². The van der Waals surface area contributed by atoms with Gasteiger partial charge in [-0.2, -0.15) is 0 Å². The molecule has 4 nitrogen and oxygen atoms in total. The van der Waals surface area contributed by atoms with E-state index in [1.54, 1.807) is 29.9 Å². The van der Waals surface area contributed by atoms with Crippen LogP contribution in [0.25, 0.3) is 11.4 Å². The molecule has 0 unspecified atom stereocenters. The fraction of sp³-hybridized carbons (Fsp3) is 0.417. The largest absolute Gasteiger partial charge is 0.359 e. The Hall–Kier alpha value is -1.49. The summed E-state index contributed by atoms with van der Waals surface area (Å²) in [4.78, 5) is 12.9. The molecule has 2 aromatic heterocycles. The highest BCUT2D eigenvalue weighted by atomic mass is 32.1. The normalized spacial score (nSPS) is 16.2. The predicted octanol–water partition coefficient (Wildman–Crippen LogP) is 2.95. The van der Waals surface area contributed by atoms with Gasteiger partial charge in [-0.3, -0.25) is 9.97 Å². The average Bonchev–Trinajstić information content (AvgIpc) is 3.02. The monoisotopic (exact) mass is 246 g/mol. The molecule has 0 radical (unpaired) electrons. The highest BCUT2D eigenvalue weighted by molar-refractivity contribution is 7.14. The number of aromatic nitrogens is 3. The van der Waals surface area contributed by atoms with Crippen LogP contribution in [0, 0.1) is 0 Å². The molecule has 1 aliphatic rings. The average molecular weight is 246 g/mol.